The Kier molecular flexibility index (Phi) is 6.49. The number of carbonyl (C=O) groups excluding carboxylic acids is 1. The van der Waals surface area contributed by atoms with Crippen molar-refractivity contribution in [3.05, 3.63) is 39.4 Å². The normalized spacial score (nSPS) is 14.0. The summed E-state index contributed by atoms with van der Waals surface area (Å²) < 4.78 is 6.77. The second-order valence-electron chi connectivity index (χ2n) is 7.80. The van der Waals surface area contributed by atoms with Gasteiger partial charge in [0.05, 0.1) is 22.0 Å². The molecule has 0 saturated carbocycles. The Balaban J connectivity index is 2.25. The van der Waals surface area contributed by atoms with Gasteiger partial charge < -0.3 is 15.8 Å². The number of carbonyl (C=O) groups is 1. The number of nitrogens with two attached hydrogens (primary N) is 1. The number of halogens is 1. The average Bonchev–Trinajstić information content (AvgIpc) is 2.53. The molecule has 27 heavy (non-hydrogen) atoms. The van der Waals surface area contributed by atoms with Crippen LogP contribution in [0.25, 0.3) is 10.9 Å². The molecule has 2 atom stereocenters. The molecule has 1 amide bonds. The summed E-state index contributed by atoms with van der Waals surface area (Å²) in [4.78, 5) is 29.4. The molecule has 0 aliphatic heterocycles. The molecule has 1 aromatic heterocycles. The third kappa shape index (κ3) is 5.43. The molecular weight excluding hydrogens is 368 g/mol. The van der Waals surface area contributed by atoms with Crippen LogP contribution in [0.4, 0.5) is 4.79 Å². The topological polar surface area (TPSA) is 99.2 Å². The summed E-state index contributed by atoms with van der Waals surface area (Å²) >= 11 is 6.21. The maximum Gasteiger partial charge on any atom is 0.407 e. The van der Waals surface area contributed by atoms with Gasteiger partial charge in [0.2, 0.25) is 0 Å². The minimum Gasteiger partial charge on any atom is -0.444 e. The third-order valence-corrected chi connectivity index (χ3v) is 4.17. The molecular formula is C19H27ClN4O3. The Labute approximate surface area is 163 Å². The zero-order valence-electron chi connectivity index (χ0n) is 16.4. The van der Waals surface area contributed by atoms with E-state index >= 15 is 0 Å². The molecule has 1 aromatic carbocycles. The van der Waals surface area contributed by atoms with E-state index in [1.165, 1.54) is 0 Å². The van der Waals surface area contributed by atoms with Crippen molar-refractivity contribution in [3.8, 4) is 0 Å². The Morgan fingerprint density at radius 1 is 1.37 bits per heavy atom. The van der Waals surface area contributed by atoms with Crippen LogP contribution in [-0.4, -0.2) is 27.8 Å². The van der Waals surface area contributed by atoms with E-state index in [0.29, 0.717) is 34.8 Å². The number of aromatic nitrogens is 2. The quantitative estimate of drug-likeness (QED) is 0.810. The summed E-state index contributed by atoms with van der Waals surface area (Å²) in [5.41, 5.74) is 5.76. The standard InChI is InChI=1S/C19H27ClN4O3/c1-11(9-22-18(26)27-19(3,4)5)10-24-16(12(2)21)23-14-8-6-7-13(20)15(14)17(24)25/h6-8,11-12H,9-10,21H2,1-5H3,(H,22,26)/t11?,12-/m0/s1. The lowest BCUT2D eigenvalue weighted by molar-refractivity contribution is 0.0519. The van der Waals surface area contributed by atoms with E-state index < -0.39 is 17.7 Å². The fraction of sp³-hybridized carbons (Fsp3) is 0.526. The van der Waals surface area contributed by atoms with Crippen molar-refractivity contribution in [1.82, 2.24) is 14.9 Å². The van der Waals surface area contributed by atoms with Gasteiger partial charge in [0, 0.05) is 13.1 Å². The third-order valence-electron chi connectivity index (χ3n) is 3.86. The van der Waals surface area contributed by atoms with Crippen molar-refractivity contribution in [2.75, 3.05) is 6.54 Å². The Hall–Kier alpha value is -2.12. The minimum atomic E-state index is -0.564. The van der Waals surface area contributed by atoms with Crippen LogP contribution >= 0.6 is 11.6 Å². The van der Waals surface area contributed by atoms with E-state index in [1.807, 2.05) is 6.92 Å². The molecule has 0 radical (unpaired) electrons. The van der Waals surface area contributed by atoms with Crippen LogP contribution in [0.15, 0.2) is 23.0 Å². The summed E-state index contributed by atoms with van der Waals surface area (Å²) in [6.45, 7) is 9.79. The SMILES string of the molecule is CC(CNC(=O)OC(C)(C)C)Cn1c([C@H](C)N)nc2cccc(Cl)c2c1=O. The fourth-order valence-corrected chi connectivity index (χ4v) is 2.96. The number of benzene rings is 1. The van der Waals surface area contributed by atoms with Gasteiger partial charge in [-0.3, -0.25) is 9.36 Å². The molecule has 0 bridgehead atoms. The number of rotatable bonds is 5. The zero-order valence-corrected chi connectivity index (χ0v) is 17.1. The highest BCUT2D eigenvalue weighted by atomic mass is 35.5. The number of alkyl carbamates (subject to hydrolysis) is 1. The second-order valence-corrected chi connectivity index (χ2v) is 8.20. The first-order chi connectivity index (χ1) is 12.5. The van der Waals surface area contributed by atoms with Gasteiger partial charge in [-0.05, 0) is 45.7 Å². The van der Waals surface area contributed by atoms with Crippen molar-refractivity contribution in [2.45, 2.75) is 52.8 Å². The number of ether oxygens (including phenoxy) is 1. The highest BCUT2D eigenvalue weighted by molar-refractivity contribution is 6.35. The smallest absolute Gasteiger partial charge is 0.407 e. The summed E-state index contributed by atoms with van der Waals surface area (Å²) in [7, 11) is 0. The number of nitrogens with zero attached hydrogens (tertiary/aromatic N) is 2. The molecule has 1 heterocycles. The molecule has 1 unspecified atom stereocenters. The maximum absolute atomic E-state index is 13.0. The monoisotopic (exact) mass is 394 g/mol. The maximum atomic E-state index is 13.0. The molecule has 3 N–H and O–H groups in total. The summed E-state index contributed by atoms with van der Waals surface area (Å²) in [6, 6.07) is 4.73. The first kappa shape index (κ1) is 21.2. The van der Waals surface area contributed by atoms with Gasteiger partial charge >= 0.3 is 6.09 Å². The van der Waals surface area contributed by atoms with Gasteiger partial charge in [-0.2, -0.15) is 0 Å². The van der Waals surface area contributed by atoms with Crippen LogP contribution in [0, 0.1) is 5.92 Å². The molecule has 8 heteroatoms. The van der Waals surface area contributed by atoms with Crippen molar-refractivity contribution in [2.24, 2.45) is 11.7 Å². The minimum absolute atomic E-state index is 0.0468. The lowest BCUT2D eigenvalue weighted by Crippen LogP contribution is -2.37. The molecule has 148 valence electrons. The lowest BCUT2D eigenvalue weighted by atomic mass is 10.1. The highest BCUT2D eigenvalue weighted by Crippen LogP contribution is 2.20. The Bertz CT molecular complexity index is 887. The van der Waals surface area contributed by atoms with Crippen molar-refractivity contribution in [3.63, 3.8) is 0 Å². The second kappa shape index (κ2) is 8.27. The Morgan fingerprint density at radius 3 is 2.63 bits per heavy atom. The first-order valence-corrected chi connectivity index (χ1v) is 9.28. The van der Waals surface area contributed by atoms with Gasteiger partial charge in [-0.1, -0.05) is 24.6 Å². The largest absolute Gasteiger partial charge is 0.444 e. The molecule has 0 aliphatic rings. The summed E-state index contributed by atoms with van der Waals surface area (Å²) in [5, 5.41) is 3.45. The highest BCUT2D eigenvalue weighted by Gasteiger charge is 2.19. The molecule has 7 nitrogen and oxygen atoms in total. The molecule has 0 spiro atoms. The first-order valence-electron chi connectivity index (χ1n) is 8.91. The number of hydrogen-bond acceptors (Lipinski definition) is 5. The van der Waals surface area contributed by atoms with Crippen molar-refractivity contribution in [1.29, 1.82) is 0 Å². The number of hydrogen-bond donors (Lipinski definition) is 2. The fourth-order valence-electron chi connectivity index (χ4n) is 2.71. The van der Waals surface area contributed by atoms with Crippen LogP contribution in [-0.2, 0) is 11.3 Å². The summed E-state index contributed by atoms with van der Waals surface area (Å²) in [6.07, 6.45) is -0.492. The van der Waals surface area contributed by atoms with Gasteiger partial charge in [0.25, 0.3) is 5.56 Å². The van der Waals surface area contributed by atoms with Crippen LogP contribution in [0.2, 0.25) is 5.02 Å². The predicted molar refractivity (Wildman–Crippen MR) is 107 cm³/mol. The average molecular weight is 395 g/mol. The molecule has 0 saturated heterocycles. The number of fused-ring (bicyclic) bond motifs is 1. The number of nitrogens with one attached hydrogen (secondary N) is 1. The van der Waals surface area contributed by atoms with Crippen LogP contribution in [0.1, 0.15) is 46.5 Å². The van der Waals surface area contributed by atoms with E-state index in [9.17, 15) is 9.59 Å². The van der Waals surface area contributed by atoms with Crippen molar-refractivity contribution < 1.29 is 9.53 Å². The zero-order chi connectivity index (χ0) is 20.4. The predicted octanol–water partition coefficient (Wildman–Crippen LogP) is 3.23. The van der Waals surface area contributed by atoms with Gasteiger partial charge in [-0.15, -0.1) is 0 Å². The lowest BCUT2D eigenvalue weighted by Gasteiger charge is -2.22. The van der Waals surface area contributed by atoms with E-state index in [1.54, 1.807) is 50.5 Å². The van der Waals surface area contributed by atoms with Gasteiger partial charge in [-0.25, -0.2) is 9.78 Å². The van der Waals surface area contributed by atoms with Crippen LogP contribution in [0.3, 0.4) is 0 Å². The van der Waals surface area contributed by atoms with E-state index in [2.05, 4.69) is 10.3 Å². The van der Waals surface area contributed by atoms with Crippen LogP contribution in [0.5, 0.6) is 0 Å². The van der Waals surface area contributed by atoms with Gasteiger partial charge in [0.1, 0.15) is 11.4 Å². The Morgan fingerprint density at radius 2 is 2.04 bits per heavy atom. The molecule has 0 aliphatic carbocycles. The van der Waals surface area contributed by atoms with Crippen LogP contribution < -0.4 is 16.6 Å². The number of amides is 1. The summed E-state index contributed by atoms with van der Waals surface area (Å²) in [5.74, 6) is 0.438. The van der Waals surface area contributed by atoms with Crippen molar-refractivity contribution >= 4 is 28.6 Å². The molecule has 2 rings (SSSR count). The molecule has 2 aromatic rings. The molecule has 0 fully saturated rings. The van der Waals surface area contributed by atoms with E-state index in [4.69, 9.17) is 22.1 Å². The van der Waals surface area contributed by atoms with Gasteiger partial charge in [0.15, 0.2) is 0 Å². The van der Waals surface area contributed by atoms with E-state index in [-0.39, 0.29) is 11.5 Å². The van der Waals surface area contributed by atoms with E-state index in [0.717, 1.165) is 0 Å².